The van der Waals surface area contributed by atoms with Crippen LogP contribution in [0.3, 0.4) is 0 Å². The number of likely N-dealkylation sites (N-methyl/N-ethyl adjacent to an activating group) is 1. The van der Waals surface area contributed by atoms with Crippen LogP contribution in [0.4, 0.5) is 5.69 Å². The number of carbonyl (C=O) groups is 4. The van der Waals surface area contributed by atoms with Crippen LogP contribution in [0, 0.1) is 30.6 Å². The van der Waals surface area contributed by atoms with Crippen LogP contribution in [-0.2, 0) is 28.6 Å². The number of phenols is 2. The lowest BCUT2D eigenvalue weighted by atomic mass is 9.78. The number of amides is 2. The lowest BCUT2D eigenvalue weighted by molar-refractivity contribution is -0.160. The molecule has 61 heavy (non-hydrogen) atoms. The van der Waals surface area contributed by atoms with E-state index in [1.54, 1.807) is 39.8 Å². The zero-order valence-corrected chi connectivity index (χ0v) is 37.3. The summed E-state index contributed by atoms with van der Waals surface area (Å²) in [6, 6.07) is 1.27. The fourth-order valence-corrected chi connectivity index (χ4v) is 8.06. The maximum absolute atomic E-state index is 14.6. The highest BCUT2D eigenvalue weighted by Gasteiger charge is 2.50. The number of hydrazine groups is 1. The molecule has 0 radical (unpaired) electrons. The zero-order valence-electron chi connectivity index (χ0n) is 37.3. The smallest absolute Gasteiger partial charge is 0.312 e. The van der Waals surface area contributed by atoms with Gasteiger partial charge in [-0.2, -0.15) is 0 Å². The highest BCUT2D eigenvalue weighted by atomic mass is 16.7. The van der Waals surface area contributed by atoms with E-state index in [4.69, 9.17) is 23.7 Å². The van der Waals surface area contributed by atoms with E-state index >= 15 is 0 Å². The van der Waals surface area contributed by atoms with Crippen LogP contribution in [0.25, 0.3) is 10.8 Å². The van der Waals surface area contributed by atoms with Gasteiger partial charge in [-0.05, 0) is 26.8 Å². The minimum Gasteiger partial charge on any atom is -0.507 e. The molecule has 0 spiro atoms. The molecule has 336 valence electrons. The highest BCUT2D eigenvalue weighted by Crippen LogP contribution is 2.54. The van der Waals surface area contributed by atoms with Crippen molar-refractivity contribution in [3.05, 3.63) is 53.3 Å². The number of aromatic hydroxyl groups is 2. The molecule has 0 saturated carbocycles. The normalized spacial score (nSPS) is 28.5. The second-order valence-corrected chi connectivity index (χ2v) is 15.9. The molecule has 2 aromatic rings. The number of nitrogens with one attached hydrogen (secondary N) is 1. The minimum absolute atomic E-state index is 0.0624. The first-order valence-electron chi connectivity index (χ1n) is 20.7. The number of carbonyl (C=O) groups excluding carboxylic acids is 4. The van der Waals surface area contributed by atoms with Gasteiger partial charge in [0.2, 0.25) is 0 Å². The number of benzene rings is 2. The van der Waals surface area contributed by atoms with Gasteiger partial charge in [0.1, 0.15) is 23.4 Å². The Morgan fingerprint density at radius 2 is 1.57 bits per heavy atom. The SMILES string of the molecule is CCN(CC)N(CC)C(=O)COc1cc2c(O)c3c(O)c(C)c4c(c13)C(=O)C(C)(O/C=C/C(OC)C(C)C(OC(C)=O)C(C)C(O)C(C)C(O)C(C)/C=C/C=C(C)C(=O)N2)O4. The fourth-order valence-electron chi connectivity index (χ4n) is 8.06. The monoisotopic (exact) mass is 853 g/mol. The Hall–Kier alpha value is -5.16. The molecule has 9 atom stereocenters. The van der Waals surface area contributed by atoms with E-state index in [9.17, 15) is 39.6 Å². The molecular weight excluding hydrogens is 791 g/mol. The number of fused-ring (bicyclic) bond motifs is 14. The lowest BCUT2D eigenvalue weighted by Crippen LogP contribution is -2.48. The first-order chi connectivity index (χ1) is 28.7. The molecule has 2 aromatic carbocycles. The predicted octanol–water partition coefficient (Wildman–Crippen LogP) is 5.53. The number of ether oxygens (including phenoxy) is 5. The van der Waals surface area contributed by atoms with Gasteiger partial charge in [0.05, 0.1) is 41.2 Å². The van der Waals surface area contributed by atoms with E-state index in [1.807, 2.05) is 25.8 Å². The maximum atomic E-state index is 14.6. The topological polar surface area (TPSA) is 214 Å². The molecule has 5 bridgehead atoms. The van der Waals surface area contributed by atoms with Crippen molar-refractivity contribution >= 4 is 40.0 Å². The molecule has 3 aliphatic heterocycles. The van der Waals surface area contributed by atoms with E-state index in [-0.39, 0.29) is 44.7 Å². The number of aliphatic hydroxyl groups is 2. The van der Waals surface area contributed by atoms with Gasteiger partial charge < -0.3 is 49.4 Å². The second-order valence-electron chi connectivity index (χ2n) is 15.9. The number of nitrogens with zero attached hydrogens (tertiary/aromatic N) is 2. The largest absolute Gasteiger partial charge is 0.507 e. The Bertz CT molecular complexity index is 2060. The van der Waals surface area contributed by atoms with Gasteiger partial charge in [-0.1, -0.05) is 59.8 Å². The van der Waals surface area contributed by atoms with Crippen molar-refractivity contribution in [3.63, 3.8) is 0 Å². The summed E-state index contributed by atoms with van der Waals surface area (Å²) in [6.07, 6.45) is 3.59. The molecule has 0 fully saturated rings. The summed E-state index contributed by atoms with van der Waals surface area (Å²) in [5, 5.41) is 52.0. The zero-order chi connectivity index (χ0) is 45.7. The standard InChI is InChI=1S/C45H63N3O13/c1-13-47(14-2)48(15-3)33(50)22-58-32-21-30-40(54)35-34(32)36-42(28(9)39(35)53)61-45(11,43(36)55)59-20-19-31(57-12)25(6)41(60-29(10)49)27(8)38(52)26(7)37(51)23(4)17-16-18-24(5)44(56)46-30/h16-21,23,25-27,31,37-38,41,51-54H,13-15,22H2,1-12H3,(H,46,56)/b17-16+,20-19+,24-18?. The number of phenolic OH excluding ortho intramolecular Hbond substituents is 2. The summed E-state index contributed by atoms with van der Waals surface area (Å²) in [5.74, 6) is -8.12. The number of Topliss-reactive ketones (excluding diaryl/α,β-unsaturated/α-hetero) is 1. The van der Waals surface area contributed by atoms with Crippen molar-refractivity contribution in [2.24, 2.45) is 23.7 Å². The van der Waals surface area contributed by atoms with Gasteiger partial charge in [0.15, 0.2) is 12.4 Å². The Morgan fingerprint density at radius 1 is 0.918 bits per heavy atom. The molecule has 0 saturated heterocycles. The number of ketones is 1. The van der Waals surface area contributed by atoms with Crippen molar-refractivity contribution in [1.82, 2.24) is 10.0 Å². The molecule has 3 aliphatic rings. The number of esters is 1. The van der Waals surface area contributed by atoms with Crippen LogP contribution < -0.4 is 14.8 Å². The van der Waals surface area contributed by atoms with E-state index in [2.05, 4.69) is 5.32 Å². The van der Waals surface area contributed by atoms with Crippen LogP contribution in [-0.4, -0.2) is 118 Å². The minimum atomic E-state index is -2.03. The third kappa shape index (κ3) is 9.98. The number of rotatable bonds is 9. The highest BCUT2D eigenvalue weighted by molar-refractivity contribution is 6.21. The molecule has 5 rings (SSSR count). The molecule has 9 unspecified atom stereocenters. The lowest BCUT2D eigenvalue weighted by Gasteiger charge is -2.38. The van der Waals surface area contributed by atoms with E-state index in [0.717, 1.165) is 0 Å². The Morgan fingerprint density at radius 3 is 2.16 bits per heavy atom. The van der Waals surface area contributed by atoms with Crippen LogP contribution in [0.1, 0.15) is 85.2 Å². The molecule has 0 aromatic heterocycles. The molecule has 0 aliphatic carbocycles. The Balaban J connectivity index is 1.94. The molecule has 16 heteroatoms. The first-order valence-corrected chi connectivity index (χ1v) is 20.7. The van der Waals surface area contributed by atoms with Crippen LogP contribution >= 0.6 is 0 Å². The van der Waals surface area contributed by atoms with Crippen LogP contribution in [0.15, 0.2) is 42.2 Å². The molecule has 16 nitrogen and oxygen atoms in total. The molecule has 5 N–H and O–H groups in total. The average Bonchev–Trinajstić information content (AvgIpc) is 3.49. The quantitative estimate of drug-likeness (QED) is 0.119. The van der Waals surface area contributed by atoms with E-state index in [1.165, 1.54) is 64.3 Å². The molecular formula is C45H63N3O13. The Kier molecular flexibility index (Phi) is 16.0. The summed E-state index contributed by atoms with van der Waals surface area (Å²) < 4.78 is 29.9. The average molecular weight is 854 g/mol. The fraction of sp³-hybridized carbons (Fsp3) is 0.556. The molecule has 2 amide bonds. The Labute approximate surface area is 357 Å². The van der Waals surface area contributed by atoms with Crippen molar-refractivity contribution in [1.29, 1.82) is 0 Å². The van der Waals surface area contributed by atoms with Crippen LogP contribution in [0.5, 0.6) is 23.0 Å². The maximum Gasteiger partial charge on any atom is 0.312 e. The number of anilines is 1. The van der Waals surface area contributed by atoms with Gasteiger partial charge >= 0.3 is 11.8 Å². The summed E-state index contributed by atoms with van der Waals surface area (Å²) in [4.78, 5) is 54.1. The second kappa shape index (κ2) is 20.1. The van der Waals surface area contributed by atoms with Crippen LogP contribution in [0.2, 0.25) is 0 Å². The molecule has 3 heterocycles. The number of hydrogen-bond donors (Lipinski definition) is 5. The van der Waals surface area contributed by atoms with E-state index < -0.39 is 95.5 Å². The number of hydrogen-bond acceptors (Lipinski definition) is 14. The predicted molar refractivity (Wildman–Crippen MR) is 228 cm³/mol. The van der Waals surface area contributed by atoms with Gasteiger partial charge in [-0.15, -0.1) is 0 Å². The summed E-state index contributed by atoms with van der Waals surface area (Å²) in [7, 11) is 1.44. The van der Waals surface area contributed by atoms with E-state index in [0.29, 0.717) is 19.6 Å². The first kappa shape index (κ1) is 48.5. The number of aliphatic hydroxyl groups excluding tert-OH is 2. The number of methoxy groups -OCH3 is 1. The summed E-state index contributed by atoms with van der Waals surface area (Å²) in [5.41, 5.74) is -0.0287. The van der Waals surface area contributed by atoms with Crippen molar-refractivity contribution < 1.29 is 63.3 Å². The van der Waals surface area contributed by atoms with Gasteiger partial charge in [-0.3, -0.25) is 24.2 Å². The van der Waals surface area contributed by atoms with Gasteiger partial charge in [0, 0.05) is 86.9 Å². The van der Waals surface area contributed by atoms with Crippen molar-refractivity contribution in [3.8, 4) is 23.0 Å². The third-order valence-corrected chi connectivity index (χ3v) is 11.8. The van der Waals surface area contributed by atoms with Crippen molar-refractivity contribution in [2.45, 2.75) is 106 Å². The van der Waals surface area contributed by atoms with Gasteiger partial charge in [-0.25, -0.2) is 5.01 Å². The number of allylic oxidation sites excluding steroid dienone is 2. The van der Waals surface area contributed by atoms with Crippen molar-refractivity contribution in [2.75, 3.05) is 38.7 Å². The summed E-state index contributed by atoms with van der Waals surface area (Å²) in [6.45, 7) is 19.1. The summed E-state index contributed by atoms with van der Waals surface area (Å²) >= 11 is 0. The third-order valence-electron chi connectivity index (χ3n) is 11.8. The van der Waals surface area contributed by atoms with Gasteiger partial charge in [0.25, 0.3) is 17.6 Å².